The fourth-order valence-corrected chi connectivity index (χ4v) is 2.60. The molecule has 0 aliphatic carbocycles. The molecule has 0 unspecified atom stereocenters. The van der Waals surface area contributed by atoms with E-state index in [0.29, 0.717) is 28.6 Å². The maximum atomic E-state index is 12.6. The normalized spacial score (nSPS) is 10.2. The quantitative estimate of drug-likeness (QED) is 0.657. The van der Waals surface area contributed by atoms with Crippen LogP contribution >= 0.6 is 0 Å². The molecule has 1 heterocycles. The zero-order chi connectivity index (χ0) is 20.1. The fourth-order valence-electron chi connectivity index (χ4n) is 2.60. The zero-order valence-electron chi connectivity index (χ0n) is 15.8. The van der Waals surface area contributed by atoms with Crippen molar-refractivity contribution in [1.29, 1.82) is 0 Å². The molecule has 2 aromatic carbocycles. The molecular formula is C21H20N4O3. The number of hydrogen-bond acceptors (Lipinski definition) is 6. The molecule has 2 N–H and O–H groups in total. The van der Waals surface area contributed by atoms with Crippen molar-refractivity contribution in [3.05, 3.63) is 77.1 Å². The number of carbonyl (C=O) groups excluding carboxylic acids is 2. The highest BCUT2D eigenvalue weighted by Gasteiger charge is 2.12. The van der Waals surface area contributed by atoms with Crippen LogP contribution in [0.15, 0.2) is 54.6 Å². The lowest BCUT2D eigenvalue weighted by atomic mass is 10.2. The van der Waals surface area contributed by atoms with Gasteiger partial charge in [-0.1, -0.05) is 12.1 Å². The number of hydrogen-bond donors (Lipinski definition) is 2. The van der Waals surface area contributed by atoms with E-state index in [0.717, 1.165) is 5.56 Å². The highest BCUT2D eigenvalue weighted by Crippen LogP contribution is 2.17. The highest BCUT2D eigenvalue weighted by atomic mass is 16.5. The van der Waals surface area contributed by atoms with Gasteiger partial charge < -0.3 is 15.4 Å². The van der Waals surface area contributed by atoms with E-state index >= 15 is 0 Å². The summed E-state index contributed by atoms with van der Waals surface area (Å²) in [5.74, 6) is -0.436. The van der Waals surface area contributed by atoms with Gasteiger partial charge in [0.2, 0.25) is 5.95 Å². The Hall–Kier alpha value is -3.74. The number of amides is 1. The van der Waals surface area contributed by atoms with Gasteiger partial charge in [-0.25, -0.2) is 14.8 Å². The average Bonchev–Trinajstić information content (AvgIpc) is 2.67. The first-order valence-corrected chi connectivity index (χ1v) is 8.64. The van der Waals surface area contributed by atoms with Crippen LogP contribution in [0.25, 0.3) is 0 Å². The van der Waals surface area contributed by atoms with Crippen LogP contribution in [-0.4, -0.2) is 29.0 Å². The second kappa shape index (κ2) is 8.30. The molecule has 0 aliphatic rings. The van der Waals surface area contributed by atoms with Crippen molar-refractivity contribution in [1.82, 2.24) is 9.97 Å². The van der Waals surface area contributed by atoms with Gasteiger partial charge >= 0.3 is 5.97 Å². The number of carbonyl (C=O) groups is 2. The number of rotatable bonds is 5. The van der Waals surface area contributed by atoms with E-state index in [9.17, 15) is 9.59 Å². The topological polar surface area (TPSA) is 93.2 Å². The Bertz CT molecular complexity index is 1020. The first kappa shape index (κ1) is 19.0. The Kier molecular flexibility index (Phi) is 5.64. The Morgan fingerprint density at radius 3 is 2.36 bits per heavy atom. The lowest BCUT2D eigenvalue weighted by molar-refractivity contribution is 0.0600. The summed E-state index contributed by atoms with van der Waals surface area (Å²) in [5, 5.41) is 5.88. The highest BCUT2D eigenvalue weighted by molar-refractivity contribution is 6.03. The number of aryl methyl sites for hydroxylation is 2. The molecule has 0 bridgehead atoms. The Morgan fingerprint density at radius 1 is 0.929 bits per heavy atom. The van der Waals surface area contributed by atoms with E-state index in [-0.39, 0.29) is 11.6 Å². The lowest BCUT2D eigenvalue weighted by Crippen LogP contribution is -2.15. The molecule has 28 heavy (non-hydrogen) atoms. The van der Waals surface area contributed by atoms with Gasteiger partial charge in [-0.05, 0) is 61.9 Å². The molecule has 1 amide bonds. The number of benzene rings is 2. The van der Waals surface area contributed by atoms with Crippen LogP contribution in [0.2, 0.25) is 0 Å². The zero-order valence-corrected chi connectivity index (χ0v) is 15.8. The third kappa shape index (κ3) is 4.70. The number of methoxy groups -OCH3 is 1. The summed E-state index contributed by atoms with van der Waals surface area (Å²) in [7, 11) is 1.33. The standard InChI is InChI=1S/C21H20N4O3/c1-13-5-4-6-17(11-13)23-19(26)18-12-14(2)22-21(25-18)24-16-9-7-15(8-10-16)20(27)28-3/h4-12H,1-3H3,(H,23,26)(H,22,24,25). The first-order valence-electron chi connectivity index (χ1n) is 8.64. The molecular weight excluding hydrogens is 356 g/mol. The average molecular weight is 376 g/mol. The largest absolute Gasteiger partial charge is 0.465 e. The van der Waals surface area contributed by atoms with Crippen LogP contribution in [0.3, 0.4) is 0 Å². The third-order valence-electron chi connectivity index (χ3n) is 3.92. The van der Waals surface area contributed by atoms with Gasteiger partial charge in [0.25, 0.3) is 5.91 Å². The maximum Gasteiger partial charge on any atom is 0.337 e. The van der Waals surface area contributed by atoms with Crippen molar-refractivity contribution in [3.8, 4) is 0 Å². The van der Waals surface area contributed by atoms with E-state index in [2.05, 4.69) is 25.3 Å². The smallest absolute Gasteiger partial charge is 0.337 e. The molecule has 0 aliphatic heterocycles. The minimum Gasteiger partial charge on any atom is -0.465 e. The minimum absolute atomic E-state index is 0.252. The van der Waals surface area contributed by atoms with Crippen LogP contribution in [-0.2, 0) is 4.74 Å². The Balaban J connectivity index is 1.77. The number of ether oxygens (including phenoxy) is 1. The predicted molar refractivity (Wildman–Crippen MR) is 107 cm³/mol. The number of nitrogens with zero attached hydrogens (tertiary/aromatic N) is 2. The van der Waals surface area contributed by atoms with E-state index < -0.39 is 5.97 Å². The summed E-state index contributed by atoms with van der Waals surface area (Å²) in [6, 6.07) is 15.9. The monoisotopic (exact) mass is 376 g/mol. The van der Waals surface area contributed by atoms with Crippen LogP contribution < -0.4 is 10.6 Å². The van der Waals surface area contributed by atoms with Crippen molar-refractivity contribution in [2.75, 3.05) is 17.7 Å². The maximum absolute atomic E-state index is 12.6. The van der Waals surface area contributed by atoms with Crippen molar-refractivity contribution in [2.24, 2.45) is 0 Å². The molecule has 7 nitrogen and oxygen atoms in total. The first-order chi connectivity index (χ1) is 13.4. The number of anilines is 3. The molecule has 7 heteroatoms. The molecule has 1 aromatic heterocycles. The third-order valence-corrected chi connectivity index (χ3v) is 3.92. The molecule has 3 rings (SSSR count). The molecule has 0 spiro atoms. The van der Waals surface area contributed by atoms with Crippen molar-refractivity contribution in [3.63, 3.8) is 0 Å². The van der Waals surface area contributed by atoms with Gasteiger partial charge in [0.1, 0.15) is 5.69 Å². The Morgan fingerprint density at radius 2 is 1.68 bits per heavy atom. The fraction of sp³-hybridized carbons (Fsp3) is 0.143. The van der Waals surface area contributed by atoms with E-state index in [1.165, 1.54) is 7.11 Å². The molecule has 0 saturated carbocycles. The van der Waals surface area contributed by atoms with Crippen LogP contribution in [0.5, 0.6) is 0 Å². The molecule has 142 valence electrons. The summed E-state index contributed by atoms with van der Waals surface area (Å²) in [5.41, 5.74) is 3.78. The van der Waals surface area contributed by atoms with Gasteiger partial charge in [0.15, 0.2) is 0 Å². The number of esters is 1. The lowest BCUT2D eigenvalue weighted by Gasteiger charge is -2.09. The molecule has 0 saturated heterocycles. The van der Waals surface area contributed by atoms with E-state index in [4.69, 9.17) is 0 Å². The second-order valence-corrected chi connectivity index (χ2v) is 6.24. The SMILES string of the molecule is COC(=O)c1ccc(Nc2nc(C)cc(C(=O)Nc3cccc(C)c3)n2)cc1. The Labute approximate surface area is 162 Å². The van der Waals surface area contributed by atoms with Crippen molar-refractivity contribution < 1.29 is 14.3 Å². The molecule has 3 aromatic rings. The van der Waals surface area contributed by atoms with Crippen molar-refractivity contribution in [2.45, 2.75) is 13.8 Å². The number of nitrogens with one attached hydrogen (secondary N) is 2. The van der Waals surface area contributed by atoms with Gasteiger partial charge in [0, 0.05) is 17.1 Å². The predicted octanol–water partition coefficient (Wildman–Crippen LogP) is 3.88. The molecule has 0 fully saturated rings. The van der Waals surface area contributed by atoms with E-state index in [1.54, 1.807) is 37.3 Å². The van der Waals surface area contributed by atoms with Crippen LogP contribution in [0.4, 0.5) is 17.3 Å². The van der Waals surface area contributed by atoms with Crippen molar-refractivity contribution >= 4 is 29.2 Å². The number of aromatic nitrogens is 2. The van der Waals surface area contributed by atoms with E-state index in [1.807, 2.05) is 31.2 Å². The van der Waals surface area contributed by atoms with Gasteiger partial charge in [-0.2, -0.15) is 0 Å². The van der Waals surface area contributed by atoms with Gasteiger partial charge in [-0.3, -0.25) is 4.79 Å². The summed E-state index contributed by atoms with van der Waals surface area (Å²) in [6.07, 6.45) is 0. The summed E-state index contributed by atoms with van der Waals surface area (Å²) < 4.78 is 4.68. The summed E-state index contributed by atoms with van der Waals surface area (Å²) in [4.78, 5) is 32.7. The van der Waals surface area contributed by atoms with Crippen LogP contribution in [0.1, 0.15) is 32.1 Å². The van der Waals surface area contributed by atoms with Crippen LogP contribution in [0, 0.1) is 13.8 Å². The second-order valence-electron chi connectivity index (χ2n) is 6.24. The molecule has 0 atom stereocenters. The molecule has 0 radical (unpaired) electrons. The minimum atomic E-state index is -0.409. The summed E-state index contributed by atoms with van der Waals surface area (Å²) >= 11 is 0. The summed E-state index contributed by atoms with van der Waals surface area (Å²) in [6.45, 7) is 3.74. The van der Waals surface area contributed by atoms with Gasteiger partial charge in [0.05, 0.1) is 12.7 Å². The van der Waals surface area contributed by atoms with Gasteiger partial charge in [-0.15, -0.1) is 0 Å².